The number of H-pyrrole nitrogens is 1. The van der Waals surface area contributed by atoms with E-state index in [9.17, 15) is 14.4 Å². The van der Waals surface area contributed by atoms with Gasteiger partial charge in [-0.25, -0.2) is 0 Å². The molecule has 3 heterocycles. The number of rotatable bonds is 5. The van der Waals surface area contributed by atoms with E-state index in [2.05, 4.69) is 10.2 Å². The molecule has 0 radical (unpaired) electrons. The summed E-state index contributed by atoms with van der Waals surface area (Å²) in [5.41, 5.74) is 9.58. The normalized spacial score (nSPS) is 15.9. The van der Waals surface area contributed by atoms with Gasteiger partial charge in [0.25, 0.3) is 11.8 Å². The van der Waals surface area contributed by atoms with Crippen LogP contribution in [0.4, 0.5) is 11.4 Å². The third-order valence-electron chi connectivity index (χ3n) is 6.45. The molecule has 1 aromatic heterocycles. The van der Waals surface area contributed by atoms with Gasteiger partial charge in [0.1, 0.15) is 11.4 Å². The maximum absolute atomic E-state index is 13.4. The van der Waals surface area contributed by atoms with E-state index in [0.717, 1.165) is 35.4 Å². The number of aromatic amines is 1. The molecule has 34 heavy (non-hydrogen) atoms. The van der Waals surface area contributed by atoms with Crippen molar-refractivity contribution in [3.05, 3.63) is 59.4 Å². The zero-order chi connectivity index (χ0) is 23.8. The minimum Gasteiger partial charge on any atom is -0.497 e. The molecule has 174 valence electrons. The first-order valence-electron chi connectivity index (χ1n) is 11.3. The van der Waals surface area contributed by atoms with Crippen LogP contribution in [-0.4, -0.2) is 48.1 Å². The molecule has 0 unspecified atom stereocenters. The van der Waals surface area contributed by atoms with Gasteiger partial charge in [0.15, 0.2) is 5.69 Å². The Bertz CT molecular complexity index is 1280. The molecule has 9 heteroatoms. The fraction of sp³-hybridized carbons (Fsp3) is 0.280. The summed E-state index contributed by atoms with van der Waals surface area (Å²) in [7, 11) is 1.61. The first-order chi connectivity index (χ1) is 16.5. The van der Waals surface area contributed by atoms with E-state index in [1.165, 1.54) is 0 Å². The average molecular weight is 460 g/mol. The molecule has 3 N–H and O–H groups in total. The molecule has 0 aliphatic carbocycles. The summed E-state index contributed by atoms with van der Waals surface area (Å²) in [6.07, 6.45) is 2.85. The van der Waals surface area contributed by atoms with E-state index in [-0.39, 0.29) is 23.2 Å². The van der Waals surface area contributed by atoms with Gasteiger partial charge in [0, 0.05) is 36.3 Å². The summed E-state index contributed by atoms with van der Waals surface area (Å²) < 4.78 is 5.30. The molecule has 1 fully saturated rings. The number of ether oxygens (including phenoxy) is 1. The number of primary amides is 1. The van der Waals surface area contributed by atoms with E-state index >= 15 is 0 Å². The highest BCUT2D eigenvalue weighted by molar-refractivity contribution is 6.11. The molecule has 0 atom stereocenters. The van der Waals surface area contributed by atoms with Crippen LogP contribution in [0, 0.1) is 0 Å². The molecule has 0 bridgehead atoms. The van der Waals surface area contributed by atoms with Gasteiger partial charge in [-0.1, -0.05) is 12.1 Å². The van der Waals surface area contributed by atoms with E-state index in [4.69, 9.17) is 10.5 Å². The number of benzene rings is 2. The lowest BCUT2D eigenvalue weighted by Gasteiger charge is -2.31. The number of carbonyl (C=O) groups excluding carboxylic acids is 3. The van der Waals surface area contributed by atoms with Crippen LogP contribution in [0.2, 0.25) is 0 Å². The van der Waals surface area contributed by atoms with Crippen LogP contribution in [0.25, 0.3) is 11.1 Å². The van der Waals surface area contributed by atoms with Crippen molar-refractivity contribution in [1.82, 2.24) is 10.2 Å². The Morgan fingerprint density at radius 2 is 1.82 bits per heavy atom. The van der Waals surface area contributed by atoms with Crippen molar-refractivity contribution in [2.45, 2.75) is 25.7 Å². The Morgan fingerprint density at radius 3 is 2.53 bits per heavy atom. The van der Waals surface area contributed by atoms with Crippen molar-refractivity contribution in [1.29, 1.82) is 0 Å². The molecule has 0 spiro atoms. The van der Waals surface area contributed by atoms with Gasteiger partial charge < -0.3 is 20.3 Å². The summed E-state index contributed by atoms with van der Waals surface area (Å²) in [6.45, 7) is 1.05. The smallest absolute Gasteiger partial charge is 0.276 e. The molecular formula is C25H25N5O4. The van der Waals surface area contributed by atoms with Crippen LogP contribution >= 0.6 is 0 Å². The first kappa shape index (κ1) is 21.7. The van der Waals surface area contributed by atoms with Crippen LogP contribution in [0.3, 0.4) is 0 Å². The van der Waals surface area contributed by atoms with E-state index < -0.39 is 5.91 Å². The fourth-order valence-electron chi connectivity index (χ4n) is 4.69. The summed E-state index contributed by atoms with van der Waals surface area (Å²) >= 11 is 0. The Balaban J connectivity index is 1.59. The molecule has 0 saturated carbocycles. The van der Waals surface area contributed by atoms with Gasteiger partial charge in [-0.15, -0.1) is 0 Å². The highest BCUT2D eigenvalue weighted by atomic mass is 16.5. The quantitative estimate of drug-likeness (QED) is 0.608. The number of nitrogens with zero attached hydrogens (tertiary/aromatic N) is 3. The highest BCUT2D eigenvalue weighted by Crippen LogP contribution is 2.38. The summed E-state index contributed by atoms with van der Waals surface area (Å²) in [5, 5.41) is 6.64. The maximum atomic E-state index is 13.4. The number of hydrogen-bond acceptors (Lipinski definition) is 5. The summed E-state index contributed by atoms with van der Waals surface area (Å²) in [5.74, 6) is -0.108. The average Bonchev–Trinajstić information content (AvgIpc) is 3.30. The Kier molecular flexibility index (Phi) is 5.53. The largest absolute Gasteiger partial charge is 0.497 e. The Morgan fingerprint density at radius 1 is 1.03 bits per heavy atom. The lowest BCUT2D eigenvalue weighted by atomic mass is 9.97. The number of amides is 3. The number of anilines is 2. The lowest BCUT2D eigenvalue weighted by molar-refractivity contribution is -0.119. The number of carbonyl (C=O) groups is 3. The molecule has 5 rings (SSSR count). The van der Waals surface area contributed by atoms with Crippen LogP contribution in [-0.2, 0) is 11.2 Å². The second kappa shape index (κ2) is 8.66. The van der Waals surface area contributed by atoms with Crippen LogP contribution in [0.1, 0.15) is 45.8 Å². The number of fused-ring (bicyclic) bond motifs is 1. The zero-order valence-electron chi connectivity index (χ0n) is 18.8. The van der Waals surface area contributed by atoms with E-state index in [1.54, 1.807) is 12.0 Å². The molecule has 2 aliphatic rings. The van der Waals surface area contributed by atoms with E-state index in [1.807, 2.05) is 47.4 Å². The molecule has 3 amide bonds. The first-order valence-corrected chi connectivity index (χ1v) is 11.3. The number of piperidine rings is 1. The summed E-state index contributed by atoms with van der Waals surface area (Å²) in [6, 6.07) is 13.3. The number of hydrogen-bond donors (Lipinski definition) is 2. The summed E-state index contributed by atoms with van der Waals surface area (Å²) in [4.78, 5) is 41.1. The van der Waals surface area contributed by atoms with Crippen molar-refractivity contribution >= 4 is 29.1 Å². The van der Waals surface area contributed by atoms with Crippen LogP contribution in [0.5, 0.6) is 5.75 Å². The fourth-order valence-corrected chi connectivity index (χ4v) is 4.69. The molecule has 2 aliphatic heterocycles. The SMILES string of the molecule is COc1ccc(-c2cc(N3CCCCC3=O)ccc2N2CCc3c(C(N)=O)n[nH]c3C2=O)cc1. The van der Waals surface area contributed by atoms with Gasteiger partial charge in [-0.05, 0) is 55.2 Å². The Labute approximate surface area is 196 Å². The molecule has 2 aromatic carbocycles. The second-order valence-corrected chi connectivity index (χ2v) is 8.43. The standard InChI is InChI=1S/C25H25N5O4/c1-34-17-8-5-15(6-9-17)19-14-16(29-12-3-2-4-21(29)31)7-10-20(19)30-13-11-18-22(24(26)32)27-28-23(18)25(30)33/h5-10,14H,2-4,11-13H2,1H3,(H2,26,32)(H,27,28). The van der Waals surface area contributed by atoms with Gasteiger partial charge in [0.2, 0.25) is 5.91 Å². The Hall–Kier alpha value is -4.14. The minimum atomic E-state index is -0.659. The zero-order valence-corrected chi connectivity index (χ0v) is 18.8. The van der Waals surface area contributed by atoms with Crippen LogP contribution < -0.4 is 20.3 Å². The number of nitrogens with one attached hydrogen (secondary N) is 1. The van der Waals surface area contributed by atoms with Crippen molar-refractivity contribution in [2.24, 2.45) is 5.73 Å². The number of aromatic nitrogens is 2. The number of methoxy groups -OCH3 is 1. The van der Waals surface area contributed by atoms with Crippen molar-refractivity contribution in [3.63, 3.8) is 0 Å². The highest BCUT2D eigenvalue weighted by Gasteiger charge is 2.33. The third kappa shape index (κ3) is 3.68. The third-order valence-corrected chi connectivity index (χ3v) is 6.45. The molecule has 1 saturated heterocycles. The molecule has 9 nitrogen and oxygen atoms in total. The predicted molar refractivity (Wildman–Crippen MR) is 127 cm³/mol. The predicted octanol–water partition coefficient (Wildman–Crippen LogP) is 2.90. The minimum absolute atomic E-state index is 0.106. The van der Waals surface area contributed by atoms with Gasteiger partial charge in [0.05, 0.1) is 12.8 Å². The van der Waals surface area contributed by atoms with Gasteiger partial charge in [-0.2, -0.15) is 5.10 Å². The van der Waals surface area contributed by atoms with Crippen molar-refractivity contribution in [3.8, 4) is 16.9 Å². The van der Waals surface area contributed by atoms with Gasteiger partial charge >= 0.3 is 0 Å². The molecule has 3 aromatic rings. The maximum Gasteiger partial charge on any atom is 0.276 e. The monoisotopic (exact) mass is 459 g/mol. The second-order valence-electron chi connectivity index (χ2n) is 8.43. The topological polar surface area (TPSA) is 122 Å². The number of nitrogens with two attached hydrogens (primary N) is 1. The van der Waals surface area contributed by atoms with Crippen LogP contribution in [0.15, 0.2) is 42.5 Å². The van der Waals surface area contributed by atoms with E-state index in [0.29, 0.717) is 37.2 Å². The van der Waals surface area contributed by atoms with Gasteiger partial charge in [-0.3, -0.25) is 19.5 Å². The van der Waals surface area contributed by atoms with Crippen molar-refractivity contribution in [2.75, 3.05) is 30.0 Å². The van der Waals surface area contributed by atoms with Crippen molar-refractivity contribution < 1.29 is 19.1 Å². The lowest BCUT2D eigenvalue weighted by Crippen LogP contribution is -2.38. The molecular weight excluding hydrogens is 434 g/mol.